The van der Waals surface area contributed by atoms with Crippen LogP contribution in [-0.2, 0) is 0 Å². The van der Waals surface area contributed by atoms with Gasteiger partial charge in [-0.15, -0.1) is 0 Å². The zero-order valence-electron chi connectivity index (χ0n) is 17.8. The summed E-state index contributed by atoms with van der Waals surface area (Å²) in [6, 6.07) is 36.1. The first-order valence-electron chi connectivity index (χ1n) is 11.1. The summed E-state index contributed by atoms with van der Waals surface area (Å²) in [5, 5.41) is 4.78. The molecule has 0 fully saturated rings. The van der Waals surface area contributed by atoms with E-state index < -0.39 is 0 Å². The molecular weight excluding hydrogens is 402 g/mol. The maximum Gasteiger partial charge on any atom is 0.137 e. The maximum atomic E-state index is 5.03. The number of hydrogen-bond donors (Lipinski definition) is 0. The van der Waals surface area contributed by atoms with Crippen LogP contribution in [0.25, 0.3) is 60.6 Å². The minimum atomic E-state index is 0.960. The van der Waals surface area contributed by atoms with Gasteiger partial charge in [0.15, 0.2) is 0 Å². The molecule has 0 N–H and O–H groups in total. The van der Waals surface area contributed by atoms with Crippen molar-refractivity contribution in [3.05, 3.63) is 116 Å². The zero-order chi connectivity index (χ0) is 21.8. The minimum Gasteiger partial charge on any atom is -0.299 e. The topological polar surface area (TPSA) is 30.2 Å². The summed E-state index contributed by atoms with van der Waals surface area (Å²) in [6.45, 7) is 0. The molecule has 0 bridgehead atoms. The van der Waals surface area contributed by atoms with E-state index in [1.165, 1.54) is 32.7 Å². The first kappa shape index (κ1) is 18.1. The monoisotopic (exact) mass is 421 g/mol. The molecule has 3 nitrogen and oxygen atoms in total. The van der Waals surface area contributed by atoms with Gasteiger partial charge in [0.2, 0.25) is 0 Å². The number of pyridine rings is 2. The highest BCUT2D eigenvalue weighted by Crippen LogP contribution is 2.38. The Labute approximate surface area is 190 Å². The molecule has 0 aliphatic rings. The van der Waals surface area contributed by atoms with Gasteiger partial charge in [0.05, 0.1) is 16.7 Å². The Kier molecular flexibility index (Phi) is 3.84. The Morgan fingerprint density at radius 3 is 2.18 bits per heavy atom. The van der Waals surface area contributed by atoms with E-state index in [-0.39, 0.29) is 0 Å². The van der Waals surface area contributed by atoms with Crippen LogP contribution in [0.2, 0.25) is 0 Å². The normalized spacial score (nSPS) is 11.6. The van der Waals surface area contributed by atoms with Crippen LogP contribution in [-0.4, -0.2) is 14.4 Å². The average molecular weight is 422 g/mol. The van der Waals surface area contributed by atoms with Crippen LogP contribution in [0, 0.1) is 0 Å². The average Bonchev–Trinajstić information content (AvgIpc) is 3.29. The highest BCUT2D eigenvalue weighted by molar-refractivity contribution is 6.25. The fraction of sp³-hybridized carbons (Fsp3) is 0. The number of fused-ring (bicyclic) bond motifs is 8. The summed E-state index contributed by atoms with van der Waals surface area (Å²) in [7, 11) is 0. The molecule has 0 spiro atoms. The molecule has 0 unspecified atom stereocenters. The van der Waals surface area contributed by atoms with E-state index in [9.17, 15) is 0 Å². The molecule has 0 aliphatic heterocycles. The molecule has 4 aromatic carbocycles. The zero-order valence-corrected chi connectivity index (χ0v) is 17.8. The molecule has 154 valence electrons. The molecule has 7 aromatic rings. The van der Waals surface area contributed by atoms with Gasteiger partial charge in [0.25, 0.3) is 0 Å². The Balaban J connectivity index is 1.65. The quantitative estimate of drug-likeness (QED) is 0.270. The molecule has 0 atom stereocenters. The third-order valence-corrected chi connectivity index (χ3v) is 6.44. The van der Waals surface area contributed by atoms with Crippen LogP contribution < -0.4 is 0 Å². The van der Waals surface area contributed by atoms with Crippen molar-refractivity contribution < 1.29 is 0 Å². The van der Waals surface area contributed by atoms with E-state index in [0.717, 1.165) is 27.9 Å². The van der Waals surface area contributed by atoms with Gasteiger partial charge in [-0.3, -0.25) is 9.38 Å². The summed E-state index contributed by atoms with van der Waals surface area (Å²) in [5.74, 6) is 0. The van der Waals surface area contributed by atoms with Crippen LogP contribution >= 0.6 is 0 Å². The first-order valence-corrected chi connectivity index (χ1v) is 11.1. The number of nitrogens with zero attached hydrogens (tertiary/aromatic N) is 3. The van der Waals surface area contributed by atoms with Gasteiger partial charge >= 0.3 is 0 Å². The van der Waals surface area contributed by atoms with Crippen molar-refractivity contribution in [3.8, 4) is 22.4 Å². The van der Waals surface area contributed by atoms with Gasteiger partial charge in [-0.2, -0.15) is 0 Å². The van der Waals surface area contributed by atoms with Gasteiger partial charge in [-0.05, 0) is 58.3 Å². The van der Waals surface area contributed by atoms with Gasteiger partial charge in [0, 0.05) is 28.7 Å². The number of rotatable bonds is 2. The summed E-state index contributed by atoms with van der Waals surface area (Å²) in [5.41, 5.74) is 7.65. The highest BCUT2D eigenvalue weighted by atomic mass is 15.0. The second-order valence-electron chi connectivity index (χ2n) is 8.34. The Bertz CT molecular complexity index is 1800. The molecule has 3 heterocycles. The Morgan fingerprint density at radius 2 is 1.30 bits per heavy atom. The second kappa shape index (κ2) is 7.01. The van der Waals surface area contributed by atoms with E-state index >= 15 is 0 Å². The largest absolute Gasteiger partial charge is 0.299 e. The third-order valence-electron chi connectivity index (χ3n) is 6.44. The van der Waals surface area contributed by atoms with E-state index in [4.69, 9.17) is 4.98 Å². The molecule has 33 heavy (non-hydrogen) atoms. The Hall–Kier alpha value is -4.50. The van der Waals surface area contributed by atoms with Crippen molar-refractivity contribution in [2.45, 2.75) is 0 Å². The van der Waals surface area contributed by atoms with E-state index in [1.54, 1.807) is 0 Å². The molecule has 0 radical (unpaired) electrons. The lowest BCUT2D eigenvalue weighted by molar-refractivity contribution is 1.23. The molecule has 0 amide bonds. The molecular formula is C30H19N3. The smallest absolute Gasteiger partial charge is 0.137 e. The summed E-state index contributed by atoms with van der Waals surface area (Å²) in [6.07, 6.45) is 3.94. The van der Waals surface area contributed by atoms with E-state index in [0.29, 0.717) is 0 Å². The molecule has 3 aromatic heterocycles. The molecule has 3 heteroatoms. The van der Waals surface area contributed by atoms with Crippen molar-refractivity contribution in [2.24, 2.45) is 0 Å². The van der Waals surface area contributed by atoms with Crippen molar-refractivity contribution in [3.63, 3.8) is 0 Å². The fourth-order valence-electron chi connectivity index (χ4n) is 4.89. The van der Waals surface area contributed by atoms with Crippen LogP contribution in [0.15, 0.2) is 116 Å². The standard InChI is InChI=1S/C30H19N3/c1-2-8-20(9-3-1)21-12-14-23-25(18-21)26-19-22(27-10-4-6-16-31-27)13-15-24(26)30-29(23)32-28-11-5-7-17-33(28)30/h1-19H. The van der Waals surface area contributed by atoms with Crippen molar-refractivity contribution in [1.29, 1.82) is 0 Å². The van der Waals surface area contributed by atoms with Crippen LogP contribution in [0.1, 0.15) is 0 Å². The number of imidazole rings is 1. The van der Waals surface area contributed by atoms with Gasteiger partial charge in [0.1, 0.15) is 5.65 Å². The Morgan fingerprint density at radius 1 is 0.545 bits per heavy atom. The second-order valence-corrected chi connectivity index (χ2v) is 8.34. The lowest BCUT2D eigenvalue weighted by Gasteiger charge is -2.11. The highest BCUT2D eigenvalue weighted by Gasteiger charge is 2.16. The lowest BCUT2D eigenvalue weighted by atomic mass is 9.94. The van der Waals surface area contributed by atoms with Crippen LogP contribution in [0.5, 0.6) is 0 Å². The minimum absolute atomic E-state index is 0.960. The van der Waals surface area contributed by atoms with E-state index in [2.05, 4.69) is 101 Å². The van der Waals surface area contributed by atoms with Crippen LogP contribution in [0.3, 0.4) is 0 Å². The maximum absolute atomic E-state index is 5.03. The number of hydrogen-bond acceptors (Lipinski definition) is 2. The molecule has 0 saturated carbocycles. The predicted molar refractivity (Wildman–Crippen MR) is 136 cm³/mol. The molecule has 0 aliphatic carbocycles. The van der Waals surface area contributed by atoms with Crippen molar-refractivity contribution >= 4 is 38.2 Å². The van der Waals surface area contributed by atoms with Crippen molar-refractivity contribution in [1.82, 2.24) is 14.4 Å². The number of aromatic nitrogens is 3. The van der Waals surface area contributed by atoms with E-state index in [1.807, 2.05) is 24.4 Å². The summed E-state index contributed by atoms with van der Waals surface area (Å²) >= 11 is 0. The van der Waals surface area contributed by atoms with Crippen LogP contribution in [0.4, 0.5) is 0 Å². The summed E-state index contributed by atoms with van der Waals surface area (Å²) < 4.78 is 2.20. The fourth-order valence-corrected chi connectivity index (χ4v) is 4.89. The summed E-state index contributed by atoms with van der Waals surface area (Å²) in [4.78, 5) is 9.61. The lowest BCUT2D eigenvalue weighted by Crippen LogP contribution is -1.89. The first-order chi connectivity index (χ1) is 16.4. The third kappa shape index (κ3) is 2.76. The molecule has 0 saturated heterocycles. The van der Waals surface area contributed by atoms with Gasteiger partial charge < -0.3 is 0 Å². The van der Waals surface area contributed by atoms with Crippen molar-refractivity contribution in [2.75, 3.05) is 0 Å². The van der Waals surface area contributed by atoms with Gasteiger partial charge in [-0.25, -0.2) is 4.98 Å². The molecule has 7 rings (SSSR count). The van der Waals surface area contributed by atoms with Gasteiger partial charge in [-0.1, -0.05) is 66.7 Å². The SMILES string of the molecule is c1ccc(-c2ccc3c(c2)c2cc(-c4ccccn4)ccc2c2c3nc3ccccn32)cc1. The predicted octanol–water partition coefficient (Wildman–Crippen LogP) is 7.52. The number of benzene rings is 4.